The van der Waals surface area contributed by atoms with Crippen molar-refractivity contribution in [3.63, 3.8) is 0 Å². The molecule has 0 saturated carbocycles. The Kier molecular flexibility index (Phi) is 5.93. The number of anilines is 1. The molecule has 0 radical (unpaired) electrons. The maximum atomic E-state index is 12.9. The molecule has 2 aromatic carbocycles. The van der Waals surface area contributed by atoms with Gasteiger partial charge in [-0.25, -0.2) is 4.68 Å². The van der Waals surface area contributed by atoms with E-state index in [0.717, 1.165) is 43.2 Å². The number of nitriles is 1. The maximum absolute atomic E-state index is 12.9. The lowest BCUT2D eigenvalue weighted by atomic mass is 10.1. The van der Waals surface area contributed by atoms with Crippen molar-refractivity contribution in [1.29, 1.82) is 5.26 Å². The quantitative estimate of drug-likeness (QED) is 0.632. The van der Waals surface area contributed by atoms with Crippen LogP contribution in [-0.2, 0) is 13.1 Å². The molecule has 30 heavy (non-hydrogen) atoms. The number of nitrogens with zero attached hydrogens (tertiary/aromatic N) is 5. The van der Waals surface area contributed by atoms with Gasteiger partial charge in [-0.3, -0.25) is 14.4 Å². The Bertz CT molecular complexity index is 1120. The summed E-state index contributed by atoms with van der Waals surface area (Å²) in [6, 6.07) is 19.6. The molecule has 4 rings (SSSR count). The van der Waals surface area contributed by atoms with E-state index in [9.17, 15) is 10.1 Å². The molecule has 0 unspecified atom stereocenters. The minimum Gasteiger partial charge on any atom is -0.368 e. The lowest BCUT2D eigenvalue weighted by molar-refractivity contribution is 0.241. The zero-order chi connectivity index (χ0) is 21.1. The molecule has 2 heterocycles. The van der Waals surface area contributed by atoms with Crippen LogP contribution in [0.4, 0.5) is 5.69 Å². The molecule has 1 aliphatic heterocycles. The number of para-hydroxylation sites is 2. The fourth-order valence-corrected chi connectivity index (χ4v) is 4.31. The van der Waals surface area contributed by atoms with E-state index in [4.69, 9.17) is 11.6 Å². The molecule has 0 aliphatic carbocycles. The molecule has 6 nitrogen and oxygen atoms in total. The molecule has 0 N–H and O–H groups in total. The molecule has 1 aliphatic rings. The van der Waals surface area contributed by atoms with Gasteiger partial charge < -0.3 is 4.90 Å². The molecular formula is C23H24ClN5O. The van der Waals surface area contributed by atoms with Crippen LogP contribution in [0.2, 0.25) is 5.02 Å². The number of hydrogen-bond acceptors (Lipinski definition) is 4. The summed E-state index contributed by atoms with van der Waals surface area (Å²) in [4.78, 5) is 17.4. The van der Waals surface area contributed by atoms with Gasteiger partial charge in [0.1, 0.15) is 11.1 Å². The fraction of sp³-hybridized carbons (Fsp3) is 0.304. The lowest BCUT2D eigenvalue weighted by Gasteiger charge is -2.36. The van der Waals surface area contributed by atoms with E-state index in [1.165, 1.54) is 0 Å². The summed E-state index contributed by atoms with van der Waals surface area (Å²) in [5.41, 5.74) is 3.17. The molecule has 1 aromatic heterocycles. The van der Waals surface area contributed by atoms with Gasteiger partial charge in [0.2, 0.25) is 0 Å². The van der Waals surface area contributed by atoms with Gasteiger partial charge in [-0.2, -0.15) is 5.26 Å². The van der Waals surface area contributed by atoms with Gasteiger partial charge in [-0.05, 0) is 31.2 Å². The molecule has 154 valence electrons. The van der Waals surface area contributed by atoms with E-state index in [1.807, 2.05) is 66.2 Å². The summed E-state index contributed by atoms with van der Waals surface area (Å²) in [6.45, 7) is 6.62. The monoisotopic (exact) mass is 421 g/mol. The molecular weight excluding hydrogens is 398 g/mol. The SMILES string of the molecule is CCn1c(CN2CCN(c3ccccc3C#N)CC2)c(Cl)c(=O)n1-c1ccccc1. The number of hydrogen-bond donors (Lipinski definition) is 0. The zero-order valence-electron chi connectivity index (χ0n) is 17.0. The normalized spacial score (nSPS) is 14.6. The molecule has 0 spiro atoms. The summed E-state index contributed by atoms with van der Waals surface area (Å²) in [5, 5.41) is 9.66. The molecule has 0 bridgehead atoms. The first kappa shape index (κ1) is 20.3. The average Bonchev–Trinajstić information content (AvgIpc) is 3.04. The van der Waals surface area contributed by atoms with Crippen molar-refractivity contribution in [1.82, 2.24) is 14.3 Å². The third kappa shape index (κ3) is 3.74. The summed E-state index contributed by atoms with van der Waals surface area (Å²) in [5.74, 6) is 0. The molecule has 3 aromatic rings. The summed E-state index contributed by atoms with van der Waals surface area (Å²) >= 11 is 6.50. The van der Waals surface area contributed by atoms with Gasteiger partial charge in [0.05, 0.1) is 22.6 Å². The summed E-state index contributed by atoms with van der Waals surface area (Å²) in [6.07, 6.45) is 0. The number of benzene rings is 2. The Balaban J connectivity index is 1.54. The van der Waals surface area contributed by atoms with E-state index in [0.29, 0.717) is 18.7 Å². The average molecular weight is 422 g/mol. The Morgan fingerprint density at radius 1 is 1.00 bits per heavy atom. The predicted molar refractivity (Wildman–Crippen MR) is 119 cm³/mol. The van der Waals surface area contributed by atoms with E-state index < -0.39 is 0 Å². The largest absolute Gasteiger partial charge is 0.368 e. The molecule has 0 amide bonds. The second kappa shape index (κ2) is 8.78. The first-order valence-electron chi connectivity index (χ1n) is 10.2. The van der Waals surface area contributed by atoms with Gasteiger partial charge in [0, 0.05) is 39.3 Å². The zero-order valence-corrected chi connectivity index (χ0v) is 17.7. The number of halogens is 1. The van der Waals surface area contributed by atoms with Crippen molar-refractivity contribution >= 4 is 17.3 Å². The minimum atomic E-state index is -0.179. The van der Waals surface area contributed by atoms with Gasteiger partial charge in [-0.15, -0.1) is 0 Å². The van der Waals surface area contributed by atoms with Crippen LogP contribution < -0.4 is 10.5 Å². The first-order chi connectivity index (χ1) is 14.6. The van der Waals surface area contributed by atoms with Crippen molar-refractivity contribution in [2.75, 3.05) is 31.1 Å². The van der Waals surface area contributed by atoms with Crippen LogP contribution in [0.5, 0.6) is 0 Å². The topological polar surface area (TPSA) is 57.2 Å². The second-order valence-corrected chi connectivity index (χ2v) is 7.70. The number of aromatic nitrogens is 2. The second-order valence-electron chi connectivity index (χ2n) is 7.32. The van der Waals surface area contributed by atoms with Crippen LogP contribution in [0.1, 0.15) is 18.2 Å². The van der Waals surface area contributed by atoms with Crippen molar-refractivity contribution in [2.45, 2.75) is 20.0 Å². The third-order valence-electron chi connectivity index (χ3n) is 5.60. The highest BCUT2D eigenvalue weighted by Crippen LogP contribution is 2.23. The molecule has 0 atom stereocenters. The van der Waals surface area contributed by atoms with Crippen LogP contribution in [-0.4, -0.2) is 40.4 Å². The minimum absolute atomic E-state index is 0.179. The summed E-state index contributed by atoms with van der Waals surface area (Å²) in [7, 11) is 0. The fourth-order valence-electron chi connectivity index (χ4n) is 4.07. The van der Waals surface area contributed by atoms with Crippen molar-refractivity contribution in [2.24, 2.45) is 0 Å². The third-order valence-corrected chi connectivity index (χ3v) is 5.98. The Morgan fingerprint density at radius 3 is 2.33 bits per heavy atom. The highest BCUT2D eigenvalue weighted by atomic mass is 35.5. The predicted octanol–water partition coefficient (Wildman–Crippen LogP) is 3.51. The van der Waals surface area contributed by atoms with Crippen LogP contribution in [0, 0.1) is 11.3 Å². The molecule has 1 saturated heterocycles. The van der Waals surface area contributed by atoms with E-state index >= 15 is 0 Å². The van der Waals surface area contributed by atoms with Crippen LogP contribution in [0.15, 0.2) is 59.4 Å². The first-order valence-corrected chi connectivity index (χ1v) is 10.5. The van der Waals surface area contributed by atoms with E-state index in [-0.39, 0.29) is 10.6 Å². The Morgan fingerprint density at radius 2 is 1.67 bits per heavy atom. The van der Waals surface area contributed by atoms with Crippen LogP contribution >= 0.6 is 11.6 Å². The van der Waals surface area contributed by atoms with Crippen molar-refractivity contribution in [3.8, 4) is 11.8 Å². The lowest BCUT2D eigenvalue weighted by Crippen LogP contribution is -2.46. The van der Waals surface area contributed by atoms with Gasteiger partial charge in [0.15, 0.2) is 0 Å². The Labute approximate surface area is 181 Å². The van der Waals surface area contributed by atoms with Crippen molar-refractivity contribution < 1.29 is 0 Å². The maximum Gasteiger partial charge on any atom is 0.290 e. The summed E-state index contributed by atoms with van der Waals surface area (Å²) < 4.78 is 3.63. The number of piperazine rings is 1. The number of rotatable bonds is 5. The van der Waals surface area contributed by atoms with Crippen LogP contribution in [0.3, 0.4) is 0 Å². The molecule has 1 fully saturated rings. The van der Waals surface area contributed by atoms with Crippen molar-refractivity contribution in [3.05, 3.63) is 81.2 Å². The van der Waals surface area contributed by atoms with E-state index in [2.05, 4.69) is 15.9 Å². The van der Waals surface area contributed by atoms with Gasteiger partial charge in [0.25, 0.3) is 5.56 Å². The highest BCUT2D eigenvalue weighted by Gasteiger charge is 2.24. The Hall–Kier alpha value is -3.01. The van der Waals surface area contributed by atoms with E-state index in [1.54, 1.807) is 4.68 Å². The standard InChI is InChI=1S/C23H24ClN5O/c1-2-28-21(22(24)23(30)29(28)19-9-4-3-5-10-19)17-26-12-14-27(15-13-26)20-11-7-6-8-18(20)16-25/h3-11H,2,12-15,17H2,1H3. The smallest absolute Gasteiger partial charge is 0.290 e. The van der Waals surface area contributed by atoms with Gasteiger partial charge >= 0.3 is 0 Å². The highest BCUT2D eigenvalue weighted by molar-refractivity contribution is 6.31. The molecule has 7 heteroatoms. The van der Waals surface area contributed by atoms with Gasteiger partial charge in [-0.1, -0.05) is 41.9 Å². The van der Waals surface area contributed by atoms with Crippen LogP contribution in [0.25, 0.3) is 5.69 Å².